The Hall–Kier alpha value is -1.31. The molecule has 2 nitrogen and oxygen atoms in total. The molecule has 0 radical (unpaired) electrons. The summed E-state index contributed by atoms with van der Waals surface area (Å²) in [5, 5.41) is 0. The third kappa shape index (κ3) is 6.09. The smallest absolute Gasteiger partial charge is 0.309 e. The molecule has 3 rings (SSSR count). The molecule has 0 atom stereocenters. The van der Waals surface area contributed by atoms with E-state index in [4.69, 9.17) is 4.74 Å². The summed E-state index contributed by atoms with van der Waals surface area (Å²) >= 11 is 0. The van der Waals surface area contributed by atoms with Gasteiger partial charge in [-0.25, -0.2) is 0 Å². The first-order chi connectivity index (χ1) is 13.7. The number of aryl methyl sites for hydroxylation is 1. The van der Waals surface area contributed by atoms with Crippen molar-refractivity contribution in [1.82, 2.24) is 0 Å². The number of benzene rings is 1. The summed E-state index contributed by atoms with van der Waals surface area (Å²) in [6, 6.07) is 9.28. The fraction of sp³-hybridized carbons (Fsp3) is 0.731. The van der Waals surface area contributed by atoms with Crippen molar-refractivity contribution in [3.8, 4) is 0 Å². The summed E-state index contributed by atoms with van der Waals surface area (Å²) in [7, 11) is 0. The van der Waals surface area contributed by atoms with E-state index in [9.17, 15) is 4.79 Å². The Labute approximate surface area is 172 Å². The summed E-state index contributed by atoms with van der Waals surface area (Å²) in [4.78, 5) is 12.6. The van der Waals surface area contributed by atoms with E-state index >= 15 is 0 Å². The van der Waals surface area contributed by atoms with Gasteiger partial charge in [0.25, 0.3) is 0 Å². The highest BCUT2D eigenvalue weighted by molar-refractivity contribution is 5.72. The fourth-order valence-corrected chi connectivity index (χ4v) is 5.21. The van der Waals surface area contributed by atoms with Crippen LogP contribution < -0.4 is 0 Å². The molecular formula is C26H40O2. The molecule has 0 aromatic heterocycles. The number of hydrogen-bond acceptors (Lipinski definition) is 2. The molecule has 0 N–H and O–H groups in total. The Balaban J connectivity index is 1.40. The minimum atomic E-state index is 0.0960. The van der Waals surface area contributed by atoms with E-state index in [1.165, 1.54) is 56.1 Å². The first-order valence-electron chi connectivity index (χ1n) is 12.0. The summed E-state index contributed by atoms with van der Waals surface area (Å²) < 4.78 is 5.93. The Bertz CT molecular complexity index is 575. The second kappa shape index (κ2) is 11.0. The van der Waals surface area contributed by atoms with Crippen LogP contribution >= 0.6 is 0 Å². The average Bonchev–Trinajstić information content (AvgIpc) is 2.74. The van der Waals surface area contributed by atoms with Crippen molar-refractivity contribution in [1.29, 1.82) is 0 Å². The number of carbonyl (C=O) groups excluding carboxylic acids is 1. The van der Waals surface area contributed by atoms with Crippen LogP contribution in [-0.2, 0) is 16.0 Å². The van der Waals surface area contributed by atoms with Crippen LogP contribution in [0.15, 0.2) is 24.3 Å². The second-order valence-corrected chi connectivity index (χ2v) is 9.26. The van der Waals surface area contributed by atoms with Gasteiger partial charge in [-0.15, -0.1) is 0 Å². The topological polar surface area (TPSA) is 26.3 Å². The van der Waals surface area contributed by atoms with Gasteiger partial charge in [0.05, 0.1) is 5.92 Å². The molecule has 0 heterocycles. The number of hydrogen-bond donors (Lipinski definition) is 0. The SMILES string of the molecule is CCCCc1ccc([C@H]2CC[C@H](OC(=O)[C@H]3CC[C@H](CCC)CC3)CC2)cc1. The van der Waals surface area contributed by atoms with Crippen molar-refractivity contribution in [2.45, 2.75) is 109 Å². The van der Waals surface area contributed by atoms with Crippen LogP contribution in [0, 0.1) is 11.8 Å². The van der Waals surface area contributed by atoms with E-state index < -0.39 is 0 Å². The van der Waals surface area contributed by atoms with Gasteiger partial charge in [0.2, 0.25) is 0 Å². The quantitative estimate of drug-likeness (QED) is 0.443. The van der Waals surface area contributed by atoms with Gasteiger partial charge in [-0.1, -0.05) is 57.4 Å². The van der Waals surface area contributed by atoms with Gasteiger partial charge < -0.3 is 4.74 Å². The summed E-state index contributed by atoms with van der Waals surface area (Å²) in [5.74, 6) is 1.75. The lowest BCUT2D eigenvalue weighted by Crippen LogP contribution is -2.29. The normalized spacial score (nSPS) is 28.1. The number of esters is 1. The van der Waals surface area contributed by atoms with Crippen molar-refractivity contribution < 1.29 is 9.53 Å². The van der Waals surface area contributed by atoms with E-state index in [0.717, 1.165) is 44.4 Å². The minimum Gasteiger partial charge on any atom is -0.462 e. The van der Waals surface area contributed by atoms with Crippen LogP contribution in [0.4, 0.5) is 0 Å². The highest BCUT2D eigenvalue weighted by Crippen LogP contribution is 2.36. The van der Waals surface area contributed by atoms with Crippen molar-refractivity contribution in [3.05, 3.63) is 35.4 Å². The Morgan fingerprint density at radius 3 is 2.18 bits per heavy atom. The van der Waals surface area contributed by atoms with E-state index in [2.05, 4.69) is 38.1 Å². The van der Waals surface area contributed by atoms with Crippen LogP contribution in [-0.4, -0.2) is 12.1 Å². The van der Waals surface area contributed by atoms with Crippen LogP contribution in [0.5, 0.6) is 0 Å². The molecule has 2 aliphatic carbocycles. The summed E-state index contributed by atoms with van der Waals surface area (Å²) in [6.45, 7) is 4.51. The van der Waals surface area contributed by atoms with Crippen LogP contribution in [0.2, 0.25) is 0 Å². The predicted octanol–water partition coefficient (Wildman–Crippen LogP) is 7.21. The molecule has 2 fully saturated rings. The zero-order chi connectivity index (χ0) is 19.8. The molecule has 2 aliphatic rings. The molecule has 0 amide bonds. The van der Waals surface area contributed by atoms with Gasteiger partial charge in [0, 0.05) is 0 Å². The maximum Gasteiger partial charge on any atom is 0.309 e. The fourth-order valence-electron chi connectivity index (χ4n) is 5.21. The molecule has 0 bridgehead atoms. The zero-order valence-corrected chi connectivity index (χ0v) is 18.1. The first kappa shape index (κ1) is 21.4. The van der Waals surface area contributed by atoms with E-state index in [1.54, 1.807) is 0 Å². The van der Waals surface area contributed by atoms with Crippen molar-refractivity contribution >= 4 is 5.97 Å². The third-order valence-corrected chi connectivity index (χ3v) is 7.10. The molecule has 156 valence electrons. The number of carbonyl (C=O) groups is 1. The van der Waals surface area contributed by atoms with Crippen molar-refractivity contribution in [2.75, 3.05) is 0 Å². The maximum absolute atomic E-state index is 12.6. The standard InChI is InChI=1S/C26H40O2/c1-3-5-7-21-8-12-22(13-9-21)23-16-18-25(19-17-23)28-26(27)24-14-10-20(6-4-2)11-15-24/h8-9,12-13,20,23-25H,3-7,10-11,14-19H2,1-2H3/t20-,23-,24-,25-. The molecule has 2 saturated carbocycles. The molecular weight excluding hydrogens is 344 g/mol. The monoisotopic (exact) mass is 384 g/mol. The third-order valence-electron chi connectivity index (χ3n) is 7.10. The van der Waals surface area contributed by atoms with Crippen LogP contribution in [0.3, 0.4) is 0 Å². The van der Waals surface area contributed by atoms with Gasteiger partial charge in [0.1, 0.15) is 6.10 Å². The first-order valence-corrected chi connectivity index (χ1v) is 12.0. The van der Waals surface area contributed by atoms with Gasteiger partial charge >= 0.3 is 5.97 Å². The molecule has 28 heavy (non-hydrogen) atoms. The van der Waals surface area contributed by atoms with E-state index in [1.807, 2.05) is 0 Å². The van der Waals surface area contributed by atoms with Gasteiger partial charge in [-0.05, 0) is 87.2 Å². The number of ether oxygens (including phenoxy) is 1. The number of rotatable bonds is 8. The summed E-state index contributed by atoms with van der Waals surface area (Å²) in [6.07, 6.45) is 15.3. The maximum atomic E-state index is 12.6. The summed E-state index contributed by atoms with van der Waals surface area (Å²) in [5.41, 5.74) is 2.93. The highest BCUT2D eigenvalue weighted by Gasteiger charge is 2.30. The zero-order valence-electron chi connectivity index (χ0n) is 18.1. The lowest BCUT2D eigenvalue weighted by molar-refractivity contribution is -0.157. The number of unbranched alkanes of at least 4 members (excludes halogenated alkanes) is 1. The lowest BCUT2D eigenvalue weighted by atomic mass is 9.80. The lowest BCUT2D eigenvalue weighted by Gasteiger charge is -2.31. The Kier molecular flexibility index (Phi) is 8.43. The van der Waals surface area contributed by atoms with Crippen LogP contribution in [0.1, 0.15) is 108 Å². The molecule has 0 aliphatic heterocycles. The van der Waals surface area contributed by atoms with Crippen molar-refractivity contribution in [3.63, 3.8) is 0 Å². The minimum absolute atomic E-state index is 0.0960. The van der Waals surface area contributed by atoms with Crippen molar-refractivity contribution in [2.24, 2.45) is 11.8 Å². The van der Waals surface area contributed by atoms with E-state index in [0.29, 0.717) is 5.92 Å². The Morgan fingerprint density at radius 1 is 0.893 bits per heavy atom. The highest BCUT2D eigenvalue weighted by atomic mass is 16.5. The molecule has 0 unspecified atom stereocenters. The Morgan fingerprint density at radius 2 is 1.57 bits per heavy atom. The average molecular weight is 385 g/mol. The van der Waals surface area contributed by atoms with Gasteiger partial charge in [0.15, 0.2) is 0 Å². The van der Waals surface area contributed by atoms with Gasteiger partial charge in [-0.2, -0.15) is 0 Å². The molecule has 1 aromatic rings. The van der Waals surface area contributed by atoms with Gasteiger partial charge in [-0.3, -0.25) is 4.79 Å². The molecule has 2 heteroatoms. The largest absolute Gasteiger partial charge is 0.462 e. The molecule has 1 aromatic carbocycles. The second-order valence-electron chi connectivity index (χ2n) is 9.26. The molecule has 0 saturated heterocycles. The molecule has 0 spiro atoms. The van der Waals surface area contributed by atoms with E-state index in [-0.39, 0.29) is 18.0 Å². The predicted molar refractivity (Wildman–Crippen MR) is 116 cm³/mol. The van der Waals surface area contributed by atoms with Crippen LogP contribution in [0.25, 0.3) is 0 Å².